The number of carbonyl (C=O) groups is 5. The van der Waals surface area contributed by atoms with Crippen molar-refractivity contribution in [3.05, 3.63) is 87.6 Å². The number of nitrogens with one attached hydrogen (secondary N) is 3. The second-order valence-electron chi connectivity index (χ2n) is 23.9. The molecule has 1 atom stereocenters. The molecule has 0 bridgehead atoms. The summed E-state index contributed by atoms with van der Waals surface area (Å²) < 4.78 is 36.1. The number of benzene rings is 2. The maximum atomic E-state index is 14.8. The van der Waals surface area contributed by atoms with E-state index >= 15 is 0 Å². The third-order valence-electron chi connectivity index (χ3n) is 14.4. The monoisotopic (exact) mass is 1140 g/mol. The van der Waals surface area contributed by atoms with Gasteiger partial charge in [0.05, 0.1) is 56.8 Å². The van der Waals surface area contributed by atoms with Gasteiger partial charge in [-0.2, -0.15) is 0 Å². The van der Waals surface area contributed by atoms with Crippen molar-refractivity contribution in [1.82, 2.24) is 16.0 Å². The van der Waals surface area contributed by atoms with Crippen molar-refractivity contribution in [3.8, 4) is 17.2 Å². The van der Waals surface area contributed by atoms with Gasteiger partial charge in [0.2, 0.25) is 0 Å². The minimum absolute atomic E-state index is 0.0357. The summed E-state index contributed by atoms with van der Waals surface area (Å²) in [6.45, 7) is 17.6. The third kappa shape index (κ3) is 19.4. The molecule has 5 rings (SSSR count). The zero-order chi connectivity index (χ0) is 60.4. The number of allylic oxidation sites excluding steroid dienone is 6. The van der Waals surface area contributed by atoms with Gasteiger partial charge in [-0.05, 0) is 86.1 Å². The minimum atomic E-state index is -1.36. The Morgan fingerprint density at radius 2 is 1.00 bits per heavy atom. The summed E-state index contributed by atoms with van der Waals surface area (Å²) in [5.41, 5.74) is 0.926. The van der Waals surface area contributed by atoms with E-state index in [4.69, 9.17) is 28.4 Å². The Hall–Kier alpha value is -6.90. The molecule has 0 fully saturated rings. The first kappa shape index (κ1) is 65.9. The normalized spacial score (nSPS) is 18.7. The highest BCUT2D eigenvalue weighted by Gasteiger charge is 2.38. The molecule has 0 spiro atoms. The summed E-state index contributed by atoms with van der Waals surface area (Å²) in [7, 11) is 4.57. The second-order valence-corrected chi connectivity index (χ2v) is 23.9. The topological polar surface area (TPSA) is 275 Å². The van der Waals surface area contributed by atoms with Crippen LogP contribution in [0, 0.1) is 16.2 Å². The number of amides is 3. The Kier molecular flexibility index (Phi) is 24.0. The Morgan fingerprint density at radius 1 is 0.598 bits per heavy atom. The molecular formula is C62H88N6O14. The van der Waals surface area contributed by atoms with E-state index in [0.717, 1.165) is 0 Å². The van der Waals surface area contributed by atoms with Gasteiger partial charge in [0.25, 0.3) is 5.91 Å². The molecule has 0 aliphatic heterocycles. The number of likely N-dealkylation sites (N-methyl/N-ethyl adjacent to an activating group) is 1. The molecule has 1 unspecified atom stereocenters. The van der Waals surface area contributed by atoms with E-state index in [1.54, 1.807) is 63.2 Å². The van der Waals surface area contributed by atoms with Crippen molar-refractivity contribution in [2.24, 2.45) is 31.2 Å². The summed E-state index contributed by atoms with van der Waals surface area (Å²) in [5, 5.41) is 41.2. The molecule has 3 aliphatic carbocycles. The van der Waals surface area contributed by atoms with Crippen molar-refractivity contribution in [1.29, 1.82) is 0 Å². The Bertz CT molecular complexity index is 2620. The molecular weight excluding hydrogens is 1050 g/mol. The van der Waals surface area contributed by atoms with Crippen LogP contribution < -0.4 is 30.2 Å². The number of Topliss-reactive ketones (excluding diaryl/α,β-unsaturated/α-hetero) is 3. The number of carbonyl (C=O) groups excluding carboxylic acids is 5. The quantitative estimate of drug-likeness (QED) is 0.0314. The van der Waals surface area contributed by atoms with Gasteiger partial charge in [-0.3, -0.25) is 34.2 Å². The van der Waals surface area contributed by atoms with E-state index in [1.807, 2.05) is 41.5 Å². The van der Waals surface area contributed by atoms with Gasteiger partial charge in [-0.15, -0.1) is 0 Å². The number of aliphatic hydroxyl groups is 3. The van der Waals surface area contributed by atoms with Gasteiger partial charge in [0, 0.05) is 114 Å². The molecule has 20 nitrogen and oxygen atoms in total. The second kappa shape index (κ2) is 29.9. The molecule has 0 aromatic heterocycles. The van der Waals surface area contributed by atoms with Crippen LogP contribution in [0.5, 0.6) is 17.2 Å². The van der Waals surface area contributed by atoms with Crippen molar-refractivity contribution < 1.29 is 67.7 Å². The molecule has 0 saturated carbocycles. The SMILES string of the molecule is CNC(=O)COc1ccc(C(NC(=O)NC(COCCCN=C(C)C2=C(O)CC(C)(C)CC2=O)(COCCCN=C(C)C2=C(O)CC(C)(C)CC2=O)COCCCN=C(C)C2=C(O)CC(C)(C)CC2=O)c2ccc(OC)cc2OC)cc1. The fourth-order valence-electron chi connectivity index (χ4n) is 10.4. The summed E-state index contributed by atoms with van der Waals surface area (Å²) >= 11 is 0. The number of aliphatic hydroxyl groups excluding tert-OH is 3. The van der Waals surface area contributed by atoms with Gasteiger partial charge in [0.1, 0.15) is 40.1 Å². The molecule has 20 heteroatoms. The minimum Gasteiger partial charge on any atom is -0.511 e. The first-order chi connectivity index (χ1) is 38.7. The zero-order valence-corrected chi connectivity index (χ0v) is 50.2. The Balaban J connectivity index is 1.43. The number of hydrogen-bond donors (Lipinski definition) is 6. The predicted octanol–water partition coefficient (Wildman–Crippen LogP) is 9.16. The van der Waals surface area contributed by atoms with Gasteiger partial charge in [-0.1, -0.05) is 53.7 Å². The van der Waals surface area contributed by atoms with E-state index in [-0.39, 0.29) is 139 Å². The molecule has 3 aliphatic rings. The lowest BCUT2D eigenvalue weighted by molar-refractivity contribution is -0.122. The van der Waals surface area contributed by atoms with Crippen LogP contribution in [-0.4, -0.2) is 154 Å². The van der Waals surface area contributed by atoms with Crippen LogP contribution >= 0.6 is 0 Å². The average Bonchev–Trinajstić information content (AvgIpc) is 3.57. The number of ketones is 3. The lowest BCUT2D eigenvalue weighted by atomic mass is 9.76. The lowest BCUT2D eigenvalue weighted by Gasteiger charge is -2.35. The van der Waals surface area contributed by atoms with Crippen molar-refractivity contribution in [2.45, 2.75) is 132 Å². The summed E-state index contributed by atoms with van der Waals surface area (Å²) in [6, 6.07) is 10.7. The first-order valence-electron chi connectivity index (χ1n) is 28.1. The number of hydrogen-bond acceptors (Lipinski definition) is 17. The molecule has 0 radical (unpaired) electrons. The third-order valence-corrected chi connectivity index (χ3v) is 14.4. The first-order valence-corrected chi connectivity index (χ1v) is 28.1. The fraction of sp³-hybridized carbons (Fsp3) is 0.581. The van der Waals surface area contributed by atoms with Crippen LogP contribution in [0.15, 0.2) is 91.4 Å². The number of ether oxygens (including phenoxy) is 6. The van der Waals surface area contributed by atoms with Crippen LogP contribution in [-0.2, 0) is 33.4 Å². The zero-order valence-electron chi connectivity index (χ0n) is 50.2. The highest BCUT2D eigenvalue weighted by Crippen LogP contribution is 2.39. The van der Waals surface area contributed by atoms with E-state index in [9.17, 15) is 39.3 Å². The molecule has 3 amide bonds. The summed E-state index contributed by atoms with van der Waals surface area (Å²) in [5.74, 6) is 0.727. The standard InChI is InChI=1S/C62H88N6O14/c1-39(54-46(69)29-59(4,5)30-47(54)70)64-22-13-25-79-36-62(37-80-26-14-23-65-40(2)55-48(71)31-60(6,7)32-49(55)72,38-81-27-15-24-66-41(3)56-50(73)33-61(8,9)34-51(56)74)68-58(76)67-57(45-21-20-44(77-11)28-52(45)78-12)42-16-18-43(19-17-42)82-35-53(75)63-10/h16-21,28,57,69,71,73H,13-15,22-27,29-38H2,1-12H3,(H,63,75)(H2,67,68,76). The lowest BCUT2D eigenvalue weighted by Crippen LogP contribution is -2.61. The van der Waals surface area contributed by atoms with Crippen molar-refractivity contribution >= 4 is 46.4 Å². The number of aliphatic imine (C=N–C) groups is 3. The Morgan fingerprint density at radius 3 is 1.37 bits per heavy atom. The molecule has 0 saturated heterocycles. The highest BCUT2D eigenvalue weighted by atomic mass is 16.5. The fourth-order valence-corrected chi connectivity index (χ4v) is 10.4. The van der Waals surface area contributed by atoms with Crippen LogP contribution in [0.3, 0.4) is 0 Å². The average molecular weight is 1140 g/mol. The summed E-state index contributed by atoms with van der Waals surface area (Å²) in [6.07, 6.45) is 3.28. The van der Waals surface area contributed by atoms with E-state index < -0.39 is 17.6 Å². The number of rotatable bonds is 30. The van der Waals surface area contributed by atoms with Crippen LogP contribution in [0.25, 0.3) is 0 Å². The molecule has 82 heavy (non-hydrogen) atoms. The van der Waals surface area contributed by atoms with E-state index in [2.05, 4.69) is 30.9 Å². The largest absolute Gasteiger partial charge is 0.511 e. The Labute approximate surface area is 483 Å². The number of nitrogens with zero attached hydrogens (tertiary/aromatic N) is 3. The van der Waals surface area contributed by atoms with Crippen molar-refractivity contribution in [3.63, 3.8) is 0 Å². The summed E-state index contributed by atoms with van der Waals surface area (Å²) in [4.78, 5) is 79.8. The van der Waals surface area contributed by atoms with Gasteiger partial charge in [-0.25, -0.2) is 4.79 Å². The van der Waals surface area contributed by atoms with Crippen LogP contribution in [0.4, 0.5) is 4.79 Å². The molecule has 0 heterocycles. The van der Waals surface area contributed by atoms with Gasteiger partial charge >= 0.3 is 6.03 Å². The predicted molar refractivity (Wildman–Crippen MR) is 315 cm³/mol. The van der Waals surface area contributed by atoms with Crippen LogP contribution in [0.2, 0.25) is 0 Å². The maximum absolute atomic E-state index is 14.8. The molecule has 450 valence electrons. The molecule has 2 aromatic carbocycles. The van der Waals surface area contributed by atoms with E-state index in [1.165, 1.54) is 21.3 Å². The maximum Gasteiger partial charge on any atom is 0.316 e. The van der Waals surface area contributed by atoms with Crippen molar-refractivity contribution in [2.75, 3.05) is 87.1 Å². The van der Waals surface area contributed by atoms with Gasteiger partial charge in [0.15, 0.2) is 24.0 Å². The number of methoxy groups -OCH3 is 2. The van der Waals surface area contributed by atoms with Crippen LogP contribution in [0.1, 0.15) is 137 Å². The molecule has 6 N–H and O–H groups in total. The number of urea groups is 1. The molecule has 2 aromatic rings. The highest BCUT2D eigenvalue weighted by molar-refractivity contribution is 6.23. The smallest absolute Gasteiger partial charge is 0.316 e. The van der Waals surface area contributed by atoms with Gasteiger partial charge < -0.3 is 59.7 Å². The van der Waals surface area contributed by atoms with E-state index in [0.29, 0.717) is 103 Å².